The first-order chi connectivity index (χ1) is 7.50. The average molecular weight is 227 g/mol. The van der Waals surface area contributed by atoms with Gasteiger partial charge < -0.3 is 15.5 Å². The van der Waals surface area contributed by atoms with Crippen LogP contribution in [0.2, 0.25) is 0 Å². The lowest BCUT2D eigenvalue weighted by Crippen LogP contribution is -2.44. The van der Waals surface area contributed by atoms with Crippen molar-refractivity contribution < 1.29 is 9.59 Å². The van der Waals surface area contributed by atoms with Gasteiger partial charge >= 0.3 is 0 Å². The molecule has 5 nitrogen and oxygen atoms in total. The second-order valence-electron chi connectivity index (χ2n) is 4.50. The highest BCUT2D eigenvalue weighted by Gasteiger charge is 2.21. The Balaban J connectivity index is 2.13. The molecule has 0 aromatic rings. The summed E-state index contributed by atoms with van der Waals surface area (Å²) in [5, 5.41) is 5.94. The van der Waals surface area contributed by atoms with Crippen molar-refractivity contribution in [2.75, 3.05) is 20.6 Å². The molecule has 2 amide bonds. The quantitative estimate of drug-likeness (QED) is 0.656. The van der Waals surface area contributed by atoms with Crippen molar-refractivity contribution in [2.24, 2.45) is 0 Å². The molecule has 2 N–H and O–H groups in total. The molecule has 0 heterocycles. The Morgan fingerprint density at radius 2 is 2.00 bits per heavy atom. The molecule has 0 spiro atoms. The number of nitrogens with zero attached hydrogens (tertiary/aromatic N) is 1. The lowest BCUT2D eigenvalue weighted by molar-refractivity contribution is -0.133. The van der Waals surface area contributed by atoms with Crippen molar-refractivity contribution in [1.82, 2.24) is 15.5 Å². The fourth-order valence-corrected chi connectivity index (χ4v) is 1.44. The molecule has 1 fully saturated rings. The molecule has 0 radical (unpaired) electrons. The predicted molar refractivity (Wildman–Crippen MR) is 61.9 cm³/mol. The number of amides is 2. The van der Waals surface area contributed by atoms with Gasteiger partial charge in [-0.3, -0.25) is 9.59 Å². The van der Waals surface area contributed by atoms with Gasteiger partial charge in [0.1, 0.15) is 6.04 Å². The van der Waals surface area contributed by atoms with E-state index in [1.165, 1.54) is 17.7 Å². The van der Waals surface area contributed by atoms with Crippen LogP contribution in [0.15, 0.2) is 0 Å². The number of hydrogen-bond donors (Lipinski definition) is 2. The fraction of sp³-hybridized carbons (Fsp3) is 0.818. The molecule has 92 valence electrons. The van der Waals surface area contributed by atoms with Crippen LogP contribution in [0.4, 0.5) is 0 Å². The first kappa shape index (κ1) is 13.0. The minimum atomic E-state index is -0.441. The highest BCUT2D eigenvalue weighted by molar-refractivity contribution is 5.87. The molecule has 1 aliphatic rings. The molecule has 1 atom stereocenters. The van der Waals surface area contributed by atoms with E-state index in [-0.39, 0.29) is 11.8 Å². The molecular formula is C11H21N3O2. The second-order valence-corrected chi connectivity index (χ2v) is 4.50. The second kappa shape index (κ2) is 5.84. The third-order valence-electron chi connectivity index (χ3n) is 2.55. The molecule has 0 aliphatic heterocycles. The normalized spacial score (nSPS) is 16.7. The van der Waals surface area contributed by atoms with Crippen LogP contribution in [0.25, 0.3) is 0 Å². The van der Waals surface area contributed by atoms with Crippen molar-refractivity contribution >= 4 is 11.8 Å². The molecule has 0 aromatic heterocycles. The van der Waals surface area contributed by atoms with Crippen molar-refractivity contribution in [3.8, 4) is 0 Å². The molecule has 1 unspecified atom stereocenters. The van der Waals surface area contributed by atoms with Crippen LogP contribution in [0, 0.1) is 0 Å². The van der Waals surface area contributed by atoms with Gasteiger partial charge in [0.2, 0.25) is 11.8 Å². The largest absolute Gasteiger partial charge is 0.347 e. The Morgan fingerprint density at radius 3 is 2.50 bits per heavy atom. The zero-order chi connectivity index (χ0) is 12.1. The first-order valence-corrected chi connectivity index (χ1v) is 5.74. The van der Waals surface area contributed by atoms with Crippen LogP contribution >= 0.6 is 0 Å². The Hall–Kier alpha value is -1.10. The predicted octanol–water partition coefficient (Wildman–Crippen LogP) is -0.279. The summed E-state index contributed by atoms with van der Waals surface area (Å²) in [6.07, 6.45) is 2.87. The van der Waals surface area contributed by atoms with Crippen LogP contribution in [0.5, 0.6) is 0 Å². The number of nitrogens with one attached hydrogen (secondary N) is 2. The van der Waals surface area contributed by atoms with E-state index in [4.69, 9.17) is 0 Å². The third-order valence-corrected chi connectivity index (χ3v) is 2.55. The van der Waals surface area contributed by atoms with E-state index in [1.54, 1.807) is 21.0 Å². The molecule has 1 rings (SSSR count). The van der Waals surface area contributed by atoms with Crippen LogP contribution in [-0.4, -0.2) is 49.4 Å². The standard InChI is InChI=1S/C11H21N3O2/c1-8(11(16)14(2)3)13-10(15)6-7-12-9-4-5-9/h8-9,12H,4-7H2,1-3H3,(H,13,15). The van der Waals surface area contributed by atoms with Gasteiger partial charge in [-0.05, 0) is 19.8 Å². The van der Waals surface area contributed by atoms with Gasteiger partial charge in [-0.15, -0.1) is 0 Å². The van der Waals surface area contributed by atoms with Gasteiger partial charge in [0.05, 0.1) is 0 Å². The highest BCUT2D eigenvalue weighted by atomic mass is 16.2. The molecule has 1 aliphatic carbocycles. The molecule has 16 heavy (non-hydrogen) atoms. The van der Waals surface area contributed by atoms with Gasteiger partial charge in [0.15, 0.2) is 0 Å². The number of rotatable bonds is 6. The minimum Gasteiger partial charge on any atom is -0.347 e. The van der Waals surface area contributed by atoms with Crippen molar-refractivity contribution in [2.45, 2.75) is 38.3 Å². The summed E-state index contributed by atoms with van der Waals surface area (Å²) in [6, 6.07) is 0.178. The number of carbonyl (C=O) groups is 2. The summed E-state index contributed by atoms with van der Waals surface area (Å²) in [5.41, 5.74) is 0. The molecule has 0 aromatic carbocycles. The summed E-state index contributed by atoms with van der Waals surface area (Å²) >= 11 is 0. The fourth-order valence-electron chi connectivity index (χ4n) is 1.44. The SMILES string of the molecule is CC(NC(=O)CCNC1CC1)C(=O)N(C)C. The lowest BCUT2D eigenvalue weighted by atomic mass is 10.3. The topological polar surface area (TPSA) is 61.4 Å². The van der Waals surface area contributed by atoms with Crippen molar-refractivity contribution in [3.63, 3.8) is 0 Å². The van der Waals surface area contributed by atoms with E-state index in [9.17, 15) is 9.59 Å². The monoisotopic (exact) mass is 227 g/mol. The number of hydrogen-bond acceptors (Lipinski definition) is 3. The van der Waals surface area contributed by atoms with E-state index in [0.29, 0.717) is 19.0 Å². The minimum absolute atomic E-state index is 0.0733. The van der Waals surface area contributed by atoms with E-state index < -0.39 is 6.04 Å². The molecule has 0 saturated heterocycles. The lowest BCUT2D eigenvalue weighted by Gasteiger charge is -2.17. The summed E-state index contributed by atoms with van der Waals surface area (Å²) < 4.78 is 0. The van der Waals surface area contributed by atoms with E-state index in [2.05, 4.69) is 10.6 Å². The summed E-state index contributed by atoms with van der Waals surface area (Å²) in [4.78, 5) is 24.4. The Labute approximate surface area is 96.6 Å². The van der Waals surface area contributed by atoms with Gasteiger partial charge in [0, 0.05) is 33.1 Å². The third kappa shape index (κ3) is 4.61. The molecule has 5 heteroatoms. The smallest absolute Gasteiger partial charge is 0.244 e. The summed E-state index contributed by atoms with van der Waals surface area (Å²) in [5.74, 6) is -0.153. The molecule has 1 saturated carbocycles. The molecule has 0 bridgehead atoms. The Bertz CT molecular complexity index is 262. The zero-order valence-electron chi connectivity index (χ0n) is 10.2. The summed E-state index contributed by atoms with van der Waals surface area (Å²) in [7, 11) is 3.36. The highest BCUT2D eigenvalue weighted by Crippen LogP contribution is 2.18. The van der Waals surface area contributed by atoms with Crippen molar-refractivity contribution in [1.29, 1.82) is 0 Å². The van der Waals surface area contributed by atoms with Gasteiger partial charge in [0.25, 0.3) is 0 Å². The molecular weight excluding hydrogens is 206 g/mol. The van der Waals surface area contributed by atoms with Gasteiger partial charge in [-0.1, -0.05) is 0 Å². The van der Waals surface area contributed by atoms with Crippen molar-refractivity contribution in [3.05, 3.63) is 0 Å². The Kier molecular flexibility index (Phi) is 4.73. The van der Waals surface area contributed by atoms with Crippen LogP contribution < -0.4 is 10.6 Å². The Morgan fingerprint density at radius 1 is 1.38 bits per heavy atom. The first-order valence-electron chi connectivity index (χ1n) is 5.74. The van der Waals surface area contributed by atoms with Crippen LogP contribution in [0.1, 0.15) is 26.2 Å². The summed E-state index contributed by atoms with van der Waals surface area (Å²) in [6.45, 7) is 2.40. The average Bonchev–Trinajstić information content (AvgIpc) is 3.00. The maximum atomic E-state index is 11.5. The van der Waals surface area contributed by atoms with Crippen LogP contribution in [0.3, 0.4) is 0 Å². The van der Waals surface area contributed by atoms with Crippen LogP contribution in [-0.2, 0) is 9.59 Å². The van der Waals surface area contributed by atoms with E-state index >= 15 is 0 Å². The van der Waals surface area contributed by atoms with Gasteiger partial charge in [-0.2, -0.15) is 0 Å². The zero-order valence-corrected chi connectivity index (χ0v) is 10.2. The van der Waals surface area contributed by atoms with E-state index in [0.717, 1.165) is 0 Å². The maximum absolute atomic E-state index is 11.5. The van der Waals surface area contributed by atoms with Gasteiger partial charge in [-0.25, -0.2) is 0 Å². The maximum Gasteiger partial charge on any atom is 0.244 e. The van der Waals surface area contributed by atoms with E-state index in [1.807, 2.05) is 0 Å². The number of likely N-dealkylation sites (N-methyl/N-ethyl adjacent to an activating group) is 1. The number of carbonyl (C=O) groups excluding carboxylic acids is 2.